The lowest BCUT2D eigenvalue weighted by Crippen LogP contribution is -1.82. The normalized spacial score (nSPS) is 8.62. The molecule has 0 aliphatic heterocycles. The molecule has 0 aliphatic rings. The van der Waals surface area contributed by atoms with E-state index in [1.54, 1.807) is 0 Å². The van der Waals surface area contributed by atoms with Gasteiger partial charge in [-0.3, -0.25) is 0 Å². The zero-order valence-corrected chi connectivity index (χ0v) is 8.57. The Hall–Kier alpha value is -0.920. The Labute approximate surface area is 89.8 Å². The number of anilines is 1. The van der Waals surface area contributed by atoms with E-state index in [9.17, 15) is 0 Å². The Kier molecular flexibility index (Phi) is 4.60. The van der Waals surface area contributed by atoms with Crippen LogP contribution in [-0.2, 0) is 0 Å². The molecule has 0 saturated heterocycles. The fourth-order valence-corrected chi connectivity index (χ4v) is 1.21. The van der Waals surface area contributed by atoms with Gasteiger partial charge in [0.25, 0.3) is 0 Å². The molecule has 13 heavy (non-hydrogen) atoms. The molecule has 0 radical (unpaired) electrons. The van der Waals surface area contributed by atoms with Gasteiger partial charge in [0.05, 0.1) is 0 Å². The average Bonchev–Trinajstić information content (AvgIpc) is 2.04. The maximum Gasteiger partial charge on any atom is 0.0320 e. The van der Waals surface area contributed by atoms with Gasteiger partial charge in [-0.05, 0) is 22.9 Å². The molecule has 2 aromatic carbocycles. The van der Waals surface area contributed by atoms with E-state index in [1.165, 1.54) is 10.8 Å². The van der Waals surface area contributed by atoms with Crippen molar-refractivity contribution in [2.75, 3.05) is 5.73 Å². The van der Waals surface area contributed by atoms with E-state index in [2.05, 4.69) is 12.1 Å². The van der Waals surface area contributed by atoms with Crippen LogP contribution in [0, 0.1) is 0 Å². The van der Waals surface area contributed by atoms with E-state index in [-0.39, 0.29) is 24.8 Å². The van der Waals surface area contributed by atoms with E-state index < -0.39 is 0 Å². The van der Waals surface area contributed by atoms with Crippen molar-refractivity contribution in [3.8, 4) is 0 Å². The quantitative estimate of drug-likeness (QED) is 0.672. The molecular formula is C10H11Cl2N. The molecule has 70 valence electrons. The zero-order chi connectivity index (χ0) is 7.68. The van der Waals surface area contributed by atoms with Crippen molar-refractivity contribution < 1.29 is 0 Å². The summed E-state index contributed by atoms with van der Waals surface area (Å²) in [4.78, 5) is 0. The van der Waals surface area contributed by atoms with Crippen molar-refractivity contribution in [3.05, 3.63) is 42.5 Å². The number of fused-ring (bicyclic) bond motifs is 1. The molecule has 2 N–H and O–H groups in total. The highest BCUT2D eigenvalue weighted by atomic mass is 35.5. The van der Waals surface area contributed by atoms with E-state index >= 15 is 0 Å². The summed E-state index contributed by atoms with van der Waals surface area (Å²) in [5.74, 6) is 0. The second kappa shape index (κ2) is 4.95. The van der Waals surface area contributed by atoms with Crippen LogP contribution in [0.1, 0.15) is 0 Å². The monoisotopic (exact) mass is 215 g/mol. The summed E-state index contributed by atoms with van der Waals surface area (Å²) >= 11 is 0. The van der Waals surface area contributed by atoms with E-state index in [0.717, 1.165) is 5.69 Å². The van der Waals surface area contributed by atoms with Crippen molar-refractivity contribution >= 4 is 41.3 Å². The van der Waals surface area contributed by atoms with Crippen LogP contribution >= 0.6 is 24.8 Å². The van der Waals surface area contributed by atoms with Gasteiger partial charge in [0.2, 0.25) is 0 Å². The largest absolute Gasteiger partial charge is 0.399 e. The Morgan fingerprint density at radius 3 is 2.08 bits per heavy atom. The Morgan fingerprint density at radius 2 is 1.38 bits per heavy atom. The summed E-state index contributed by atoms with van der Waals surface area (Å²) in [7, 11) is 0. The Morgan fingerprint density at radius 1 is 0.769 bits per heavy atom. The van der Waals surface area contributed by atoms with Crippen LogP contribution in [0.2, 0.25) is 0 Å². The molecule has 2 aromatic rings. The minimum Gasteiger partial charge on any atom is -0.399 e. The number of halogens is 2. The van der Waals surface area contributed by atoms with Crippen molar-refractivity contribution in [2.45, 2.75) is 0 Å². The third kappa shape index (κ3) is 2.51. The molecule has 0 aromatic heterocycles. The van der Waals surface area contributed by atoms with E-state index in [0.29, 0.717) is 0 Å². The number of hydrogen-bond acceptors (Lipinski definition) is 1. The van der Waals surface area contributed by atoms with Crippen molar-refractivity contribution in [1.29, 1.82) is 0 Å². The number of rotatable bonds is 0. The van der Waals surface area contributed by atoms with Gasteiger partial charge in [-0.15, -0.1) is 24.8 Å². The van der Waals surface area contributed by atoms with Crippen LogP contribution in [0.25, 0.3) is 10.8 Å². The molecule has 0 saturated carbocycles. The smallest absolute Gasteiger partial charge is 0.0320 e. The lowest BCUT2D eigenvalue weighted by Gasteiger charge is -1.96. The fourth-order valence-electron chi connectivity index (χ4n) is 1.21. The van der Waals surface area contributed by atoms with Gasteiger partial charge in [-0.1, -0.05) is 30.3 Å². The standard InChI is InChI=1S/C10H9N.2ClH/c11-10-6-5-8-3-1-2-4-9(8)7-10;;/h1-7H,11H2;2*1H. The lowest BCUT2D eigenvalue weighted by atomic mass is 10.1. The van der Waals surface area contributed by atoms with Gasteiger partial charge >= 0.3 is 0 Å². The van der Waals surface area contributed by atoms with Crippen LogP contribution in [-0.4, -0.2) is 0 Å². The van der Waals surface area contributed by atoms with Gasteiger partial charge < -0.3 is 5.73 Å². The number of hydrogen-bond donors (Lipinski definition) is 1. The highest BCUT2D eigenvalue weighted by Crippen LogP contribution is 2.15. The first-order chi connectivity index (χ1) is 5.36. The Balaban J connectivity index is 0.000000720. The summed E-state index contributed by atoms with van der Waals surface area (Å²) < 4.78 is 0. The van der Waals surface area contributed by atoms with E-state index in [4.69, 9.17) is 5.73 Å². The summed E-state index contributed by atoms with van der Waals surface area (Å²) in [5, 5.41) is 2.44. The van der Waals surface area contributed by atoms with Crippen molar-refractivity contribution in [1.82, 2.24) is 0 Å². The second-order valence-corrected chi connectivity index (χ2v) is 2.61. The Bertz CT molecular complexity index is 387. The maximum atomic E-state index is 5.62. The molecule has 0 aliphatic carbocycles. The van der Waals surface area contributed by atoms with Gasteiger partial charge in [0.15, 0.2) is 0 Å². The number of nitrogens with two attached hydrogens (primary N) is 1. The molecule has 0 atom stereocenters. The first-order valence-electron chi connectivity index (χ1n) is 3.60. The second-order valence-electron chi connectivity index (χ2n) is 2.61. The highest BCUT2D eigenvalue weighted by molar-refractivity contribution is 5.86. The van der Waals surface area contributed by atoms with Gasteiger partial charge in [-0.2, -0.15) is 0 Å². The molecular weight excluding hydrogens is 205 g/mol. The molecule has 0 bridgehead atoms. The lowest BCUT2D eigenvalue weighted by molar-refractivity contribution is 1.73. The predicted molar refractivity (Wildman–Crippen MR) is 62.9 cm³/mol. The maximum absolute atomic E-state index is 5.62. The van der Waals surface area contributed by atoms with Crippen LogP contribution < -0.4 is 5.73 Å². The molecule has 0 fully saturated rings. The number of benzene rings is 2. The minimum absolute atomic E-state index is 0. The predicted octanol–water partition coefficient (Wildman–Crippen LogP) is 3.27. The van der Waals surface area contributed by atoms with Gasteiger partial charge in [0.1, 0.15) is 0 Å². The minimum atomic E-state index is 0. The molecule has 0 heterocycles. The van der Waals surface area contributed by atoms with Crippen molar-refractivity contribution in [3.63, 3.8) is 0 Å². The third-order valence-electron chi connectivity index (χ3n) is 1.77. The van der Waals surface area contributed by atoms with E-state index in [1.807, 2.05) is 30.3 Å². The average molecular weight is 216 g/mol. The highest BCUT2D eigenvalue weighted by Gasteiger charge is 1.89. The van der Waals surface area contributed by atoms with Crippen LogP contribution in [0.15, 0.2) is 42.5 Å². The number of nitrogen functional groups attached to an aromatic ring is 1. The van der Waals surface area contributed by atoms with Gasteiger partial charge in [-0.25, -0.2) is 0 Å². The molecule has 2 rings (SSSR count). The molecule has 1 nitrogen and oxygen atoms in total. The summed E-state index contributed by atoms with van der Waals surface area (Å²) in [6.45, 7) is 0. The van der Waals surface area contributed by atoms with Crippen molar-refractivity contribution in [2.24, 2.45) is 0 Å². The van der Waals surface area contributed by atoms with Crippen LogP contribution in [0.5, 0.6) is 0 Å². The first-order valence-corrected chi connectivity index (χ1v) is 3.60. The molecule has 3 heteroatoms. The first kappa shape index (κ1) is 12.1. The SMILES string of the molecule is Cl.Cl.Nc1ccc2ccccc2c1. The van der Waals surface area contributed by atoms with Crippen LogP contribution in [0.3, 0.4) is 0 Å². The van der Waals surface area contributed by atoms with Gasteiger partial charge in [0, 0.05) is 5.69 Å². The summed E-state index contributed by atoms with van der Waals surface area (Å²) in [5.41, 5.74) is 6.45. The third-order valence-corrected chi connectivity index (χ3v) is 1.77. The molecule has 0 unspecified atom stereocenters. The summed E-state index contributed by atoms with van der Waals surface area (Å²) in [6, 6.07) is 14.1. The summed E-state index contributed by atoms with van der Waals surface area (Å²) in [6.07, 6.45) is 0. The molecule has 0 amide bonds. The fraction of sp³-hybridized carbons (Fsp3) is 0. The molecule has 0 spiro atoms. The zero-order valence-electron chi connectivity index (χ0n) is 6.94. The topological polar surface area (TPSA) is 26.0 Å². The van der Waals surface area contributed by atoms with Crippen LogP contribution in [0.4, 0.5) is 5.69 Å².